The molecule has 3 radical (unpaired) electrons. The third-order valence-electron chi connectivity index (χ3n) is 25.4. The quantitative estimate of drug-likeness (QED) is 0.0466. The monoisotopic (exact) mass is 2460 g/mol. The average Bonchev–Trinajstić information content (AvgIpc) is 1.55. The van der Waals surface area contributed by atoms with Crippen LogP contribution < -0.4 is 4.57 Å². The molecule has 6 unspecified atom stereocenters. The van der Waals surface area contributed by atoms with Crippen LogP contribution in [-0.2, 0) is 95.1 Å². The molecule has 1 aliphatic heterocycles. The summed E-state index contributed by atoms with van der Waals surface area (Å²) in [5, 5.41) is 63.8. The zero-order chi connectivity index (χ0) is 101. The first-order valence-electron chi connectivity index (χ1n) is 48.9. The average molecular weight is 2460 g/mol. The van der Waals surface area contributed by atoms with E-state index in [0.717, 1.165) is 92.0 Å². The van der Waals surface area contributed by atoms with Gasteiger partial charge in [0.25, 0.3) is 6.33 Å². The standard InChI is InChI=1S/C27H24N3.2C26H22N3.C22H22N3.C11H24O2.2C5H12O2.CH4.3Ir/c1-27(2,3)26-15-24-21-14-22-20-11-7-8-12-23(20)30(19-9-5-4-6-10-19)25(22)13-18(21)16-29(24)17-28-26;2*1-26(2,3)25-16-22(27-17-28-25)18-13-14-24-21(15-18)20-11-7-8-12-23(20)29(24)19-9-5-4-6-10-19;1-5-25-19-9-7-6-8-16(19)17-12-15(10-11-20(17)25)18-13-21(22(2,3)4)24-14-23-18;1-10(2,3)8(12)7-9(13)11(4,5)6;2*1-4(6)3-5(2)7;;;;/h4-15,17H,16H2,1-3H3;2*4-12,14-17H,1-3H3;6-9,11-14H,5H2,1-4H3;8-9,12-13H,7H2,1-6H3;2*4-7H,3H2,1-2H3;1H4;;;/q+1;3*-1;;;;;;;. The summed E-state index contributed by atoms with van der Waals surface area (Å²) in [6.45, 7) is 48.7. The molecule has 0 saturated carbocycles. The third-order valence-corrected chi connectivity index (χ3v) is 25.4. The van der Waals surface area contributed by atoms with Crippen molar-refractivity contribution >= 4 is 87.2 Å². The maximum absolute atomic E-state index is 9.76. The predicted molar refractivity (Wildman–Crippen MR) is 583 cm³/mol. The Morgan fingerprint density at radius 1 is 0.312 bits per heavy atom. The van der Waals surface area contributed by atoms with E-state index in [1.54, 1.807) is 46.7 Å². The van der Waals surface area contributed by atoms with E-state index in [-0.39, 0.29) is 125 Å². The molecule has 0 bridgehead atoms. The SMILES string of the molecule is C.CC(C)(C)C(O)CC(O)C(C)(C)C.CC(C)(C)c1cc(-c2[c-]cc3c(c2)c2ccccc2n3-c2ccccc2)ncn1.CC(C)(C)c1cc(-c2[c-]cc3c(c2)c2ccccc2n3-c2ccccc2)ncn1.CC(C)(C)c1cc2[n+](cn1)Cc1cc3c(cc1-2)c1ccccc1n3-c1ccccc1.CC(O)CC(C)O.CC(O)CC(C)O.CCn1c2c[c-]c(-c3cc(C(C)(C)C)ncn3)cc2c2ccccc21.[Ir].[Ir].[Ir]. The van der Waals surface area contributed by atoms with Crippen molar-refractivity contribution in [2.24, 2.45) is 10.8 Å². The molecule has 21 heteroatoms. The number of benzene rings is 11. The summed E-state index contributed by atoms with van der Waals surface area (Å²) < 4.78 is 11.6. The van der Waals surface area contributed by atoms with Crippen LogP contribution in [0.15, 0.2) is 286 Å². The Hall–Kier alpha value is -11.4. The van der Waals surface area contributed by atoms with Crippen molar-refractivity contribution in [2.45, 2.75) is 257 Å². The number of hydrogen-bond acceptors (Lipinski definition) is 13. The van der Waals surface area contributed by atoms with E-state index in [9.17, 15) is 10.2 Å². The molecule has 144 heavy (non-hydrogen) atoms. The van der Waals surface area contributed by atoms with Gasteiger partial charge in [0.05, 0.1) is 47.7 Å². The van der Waals surface area contributed by atoms with Gasteiger partial charge < -0.3 is 48.9 Å². The molecular formula is C123H142Ir3N12O6-2. The minimum atomic E-state index is -0.443. The Balaban J connectivity index is 0.000000180. The molecule has 0 fully saturated rings. The van der Waals surface area contributed by atoms with Gasteiger partial charge in [0.15, 0.2) is 5.69 Å². The van der Waals surface area contributed by atoms with E-state index in [2.05, 4.69) is 410 Å². The maximum atomic E-state index is 9.76. The number of aryl methyl sites for hydroxylation is 1. The van der Waals surface area contributed by atoms with Gasteiger partial charge in [0, 0.05) is 174 Å². The van der Waals surface area contributed by atoms with Crippen LogP contribution in [0.2, 0.25) is 0 Å². The first kappa shape index (κ1) is 115. The molecule has 6 N–H and O–H groups in total. The van der Waals surface area contributed by atoms with Crippen molar-refractivity contribution in [2.75, 3.05) is 0 Å². The van der Waals surface area contributed by atoms with Crippen LogP contribution in [0, 0.1) is 29.0 Å². The molecule has 19 aromatic rings. The molecule has 9 heterocycles. The molecule has 0 spiro atoms. The number of nitrogens with zero attached hydrogens (tertiary/aromatic N) is 12. The summed E-state index contributed by atoms with van der Waals surface area (Å²) in [6.07, 6.45) is 5.98. The summed E-state index contributed by atoms with van der Waals surface area (Å²) in [7, 11) is 0. The number of aromatic nitrogens is 12. The Bertz CT molecular complexity index is 7240. The van der Waals surface area contributed by atoms with Gasteiger partial charge in [-0.3, -0.25) is 15.0 Å². The zero-order valence-corrected chi connectivity index (χ0v) is 93.9. The molecule has 20 rings (SSSR count). The van der Waals surface area contributed by atoms with Gasteiger partial charge in [-0.2, -0.15) is 0 Å². The third kappa shape index (κ3) is 27.1. The van der Waals surface area contributed by atoms with Gasteiger partial charge in [-0.05, 0) is 181 Å². The van der Waals surface area contributed by atoms with Crippen molar-refractivity contribution in [3.63, 3.8) is 0 Å². The van der Waals surface area contributed by atoms with E-state index >= 15 is 0 Å². The molecular weight excluding hydrogens is 2320 g/mol. The van der Waals surface area contributed by atoms with Crippen LogP contribution in [0.1, 0.15) is 214 Å². The summed E-state index contributed by atoms with van der Waals surface area (Å²) in [4.78, 5) is 31.6. The van der Waals surface area contributed by atoms with Crippen molar-refractivity contribution in [3.8, 4) is 62.1 Å². The van der Waals surface area contributed by atoms with Crippen molar-refractivity contribution in [3.05, 3.63) is 333 Å². The second-order valence-electron chi connectivity index (χ2n) is 43.3. The fourth-order valence-corrected chi connectivity index (χ4v) is 17.6. The molecule has 6 atom stereocenters. The first-order valence-corrected chi connectivity index (χ1v) is 48.9. The van der Waals surface area contributed by atoms with Gasteiger partial charge in [-0.15, -0.1) is 71.3 Å². The second-order valence-corrected chi connectivity index (χ2v) is 43.3. The van der Waals surface area contributed by atoms with Gasteiger partial charge in [-0.25, -0.2) is 19.5 Å². The minimum absolute atomic E-state index is 0. The zero-order valence-electron chi connectivity index (χ0n) is 86.7. The van der Waals surface area contributed by atoms with Crippen LogP contribution in [0.4, 0.5) is 0 Å². The minimum Gasteiger partial charge on any atom is -0.393 e. The molecule has 0 saturated heterocycles. The van der Waals surface area contributed by atoms with E-state index in [0.29, 0.717) is 19.3 Å². The number of fused-ring (bicyclic) bond motifs is 15. The fourth-order valence-electron chi connectivity index (χ4n) is 17.6. The van der Waals surface area contributed by atoms with Crippen LogP contribution in [0.5, 0.6) is 0 Å². The number of rotatable bonds is 13. The van der Waals surface area contributed by atoms with Crippen LogP contribution in [0.25, 0.3) is 149 Å². The predicted octanol–water partition coefficient (Wildman–Crippen LogP) is 26.9. The van der Waals surface area contributed by atoms with E-state index < -0.39 is 12.2 Å². The summed E-state index contributed by atoms with van der Waals surface area (Å²) in [6, 6.07) is 102. The smallest absolute Gasteiger partial charge is 0.287 e. The van der Waals surface area contributed by atoms with Crippen LogP contribution in [0.3, 0.4) is 0 Å². The molecule has 8 aromatic heterocycles. The summed E-state index contributed by atoms with van der Waals surface area (Å²) >= 11 is 0. The van der Waals surface area contributed by atoms with Crippen molar-refractivity contribution < 1.29 is 95.5 Å². The van der Waals surface area contributed by atoms with Gasteiger partial charge in [0.1, 0.15) is 31.2 Å². The first-order chi connectivity index (χ1) is 66.3. The molecule has 1 aliphatic rings. The van der Waals surface area contributed by atoms with Gasteiger partial charge >= 0.3 is 0 Å². The molecule has 0 aliphatic carbocycles. The van der Waals surface area contributed by atoms with Crippen LogP contribution in [-0.4, -0.2) is 120 Å². The van der Waals surface area contributed by atoms with E-state index in [1.165, 1.54) is 98.7 Å². The summed E-state index contributed by atoms with van der Waals surface area (Å²) in [5.74, 6) is 0. The maximum Gasteiger partial charge on any atom is 0.287 e. The Morgan fingerprint density at radius 2 is 0.604 bits per heavy atom. The van der Waals surface area contributed by atoms with E-state index in [4.69, 9.17) is 25.4 Å². The van der Waals surface area contributed by atoms with E-state index in [1.807, 2.05) is 60.0 Å². The number of aliphatic hydroxyl groups is 6. The molecule has 0 amide bonds. The van der Waals surface area contributed by atoms with Crippen molar-refractivity contribution in [1.82, 2.24) is 53.2 Å². The normalized spacial score (nSPS) is 13.1. The molecule has 18 nitrogen and oxygen atoms in total. The molecule has 759 valence electrons. The van der Waals surface area contributed by atoms with Gasteiger partial charge in [-0.1, -0.05) is 299 Å². The fraction of sp³-hybridized carbons (Fsp3) is 0.333. The van der Waals surface area contributed by atoms with Crippen molar-refractivity contribution in [1.29, 1.82) is 0 Å². The number of hydrogen-bond donors (Lipinski definition) is 6. The number of para-hydroxylation sites is 7. The Labute approximate surface area is 891 Å². The second kappa shape index (κ2) is 48.3. The van der Waals surface area contributed by atoms with Crippen LogP contribution >= 0.6 is 0 Å². The Kier molecular flexibility index (Phi) is 38.4. The topological polar surface area (TPSA) is 235 Å². The Morgan fingerprint density at radius 3 is 0.924 bits per heavy atom. The summed E-state index contributed by atoms with van der Waals surface area (Å²) in [5.41, 5.74) is 26.8. The largest absolute Gasteiger partial charge is 0.393 e. The van der Waals surface area contributed by atoms with Gasteiger partial charge in [0.2, 0.25) is 0 Å². The molecule has 11 aromatic carbocycles. The number of aliphatic hydroxyl groups excluding tert-OH is 6.